The maximum absolute atomic E-state index is 13.4. The summed E-state index contributed by atoms with van der Waals surface area (Å²) in [5, 5.41) is 11.7. The topological polar surface area (TPSA) is 35.8 Å². The van der Waals surface area contributed by atoms with Crippen LogP contribution in [0.15, 0.2) is 18.2 Å². The Hall–Kier alpha value is -1.54. The summed E-state index contributed by atoms with van der Waals surface area (Å²) in [6.07, 6.45) is -4.15. The summed E-state index contributed by atoms with van der Waals surface area (Å²) in [5.74, 6) is -0.135. The third-order valence-electron chi connectivity index (χ3n) is 4.09. The van der Waals surface area contributed by atoms with Gasteiger partial charge in [0, 0.05) is 13.1 Å². The van der Waals surface area contributed by atoms with E-state index in [1.54, 1.807) is 6.07 Å². The summed E-state index contributed by atoms with van der Waals surface area (Å²) in [4.78, 5) is 0. The van der Waals surface area contributed by atoms with Crippen LogP contribution in [0.25, 0.3) is 0 Å². The molecule has 2 bridgehead atoms. The molecule has 1 aromatic rings. The molecular weight excluding hydrogens is 241 g/mol. The van der Waals surface area contributed by atoms with Crippen molar-refractivity contribution in [2.75, 3.05) is 13.1 Å². The molecule has 2 atom stereocenters. The fraction of sp³-hybridized carbons (Fsp3) is 0.462. The Bertz CT molecular complexity index is 544. The summed E-state index contributed by atoms with van der Waals surface area (Å²) in [6, 6.07) is 6.56. The van der Waals surface area contributed by atoms with Gasteiger partial charge in [-0.2, -0.15) is 18.4 Å². The quantitative estimate of drug-likeness (QED) is 0.769. The lowest BCUT2D eigenvalue weighted by atomic mass is 9.78. The molecule has 1 aromatic carbocycles. The third-order valence-corrected chi connectivity index (χ3v) is 4.09. The molecule has 1 fully saturated rings. The Labute approximate surface area is 102 Å². The number of hydrogen-bond donors (Lipinski definition) is 1. The van der Waals surface area contributed by atoms with Crippen LogP contribution in [0.1, 0.15) is 29.0 Å². The normalized spacial score (nSPS) is 29.8. The summed E-state index contributed by atoms with van der Waals surface area (Å²) in [7, 11) is 0. The fourth-order valence-electron chi connectivity index (χ4n) is 3.22. The molecule has 1 aliphatic heterocycles. The molecule has 0 radical (unpaired) electrons. The molecule has 1 saturated heterocycles. The molecule has 2 aliphatic rings. The van der Waals surface area contributed by atoms with Crippen molar-refractivity contribution in [1.82, 2.24) is 5.32 Å². The standard InChI is InChI=1S/C13H11F3N2/c14-13(15,16)12-4-9(6-18-7-12)10-3-8(5-17)1-2-11(10)12/h1-3,9,18H,4,6-7H2. The predicted octanol–water partition coefficient (Wildman–Crippen LogP) is 2.45. The number of nitriles is 1. The first-order chi connectivity index (χ1) is 8.48. The summed E-state index contributed by atoms with van der Waals surface area (Å²) in [5.41, 5.74) is -0.293. The van der Waals surface area contributed by atoms with Gasteiger partial charge in [0.05, 0.1) is 11.6 Å². The van der Waals surface area contributed by atoms with E-state index in [-0.39, 0.29) is 18.9 Å². The molecule has 0 saturated carbocycles. The van der Waals surface area contributed by atoms with E-state index in [4.69, 9.17) is 5.26 Å². The van der Waals surface area contributed by atoms with Crippen LogP contribution in [0.4, 0.5) is 13.2 Å². The van der Waals surface area contributed by atoms with E-state index in [1.807, 2.05) is 6.07 Å². The third kappa shape index (κ3) is 1.33. The molecule has 5 heteroatoms. The van der Waals surface area contributed by atoms with Crippen molar-refractivity contribution in [2.24, 2.45) is 0 Å². The highest BCUT2D eigenvalue weighted by atomic mass is 19.4. The van der Waals surface area contributed by atoms with Crippen molar-refractivity contribution >= 4 is 0 Å². The molecule has 1 heterocycles. The van der Waals surface area contributed by atoms with Gasteiger partial charge in [0.2, 0.25) is 0 Å². The molecule has 1 N–H and O–H groups in total. The molecule has 2 nitrogen and oxygen atoms in total. The van der Waals surface area contributed by atoms with Crippen LogP contribution in [-0.4, -0.2) is 19.3 Å². The van der Waals surface area contributed by atoms with Gasteiger partial charge in [-0.25, -0.2) is 0 Å². The highest BCUT2D eigenvalue weighted by molar-refractivity contribution is 5.50. The SMILES string of the molecule is N#Cc1ccc2c(c1)C1CNCC2(C(F)(F)F)C1. The number of hydrogen-bond acceptors (Lipinski definition) is 2. The van der Waals surface area contributed by atoms with Gasteiger partial charge >= 0.3 is 6.18 Å². The van der Waals surface area contributed by atoms with Crippen LogP contribution in [0.3, 0.4) is 0 Å². The minimum absolute atomic E-state index is 0.0636. The van der Waals surface area contributed by atoms with Gasteiger partial charge in [-0.05, 0) is 35.6 Å². The number of benzene rings is 1. The molecule has 0 amide bonds. The van der Waals surface area contributed by atoms with Crippen molar-refractivity contribution in [3.8, 4) is 6.07 Å². The largest absolute Gasteiger partial charge is 0.399 e. The Morgan fingerprint density at radius 1 is 1.39 bits per heavy atom. The van der Waals surface area contributed by atoms with E-state index in [1.165, 1.54) is 12.1 Å². The van der Waals surface area contributed by atoms with Crippen LogP contribution < -0.4 is 5.32 Å². The molecule has 3 rings (SSSR count). The second-order valence-electron chi connectivity index (χ2n) is 5.03. The molecule has 94 valence electrons. The molecule has 2 unspecified atom stereocenters. The van der Waals surface area contributed by atoms with Gasteiger partial charge < -0.3 is 5.32 Å². The summed E-state index contributed by atoms with van der Waals surface area (Å²) in [6.45, 7) is 0.492. The maximum Gasteiger partial charge on any atom is 0.399 e. The van der Waals surface area contributed by atoms with Crippen LogP contribution in [0.5, 0.6) is 0 Å². The van der Waals surface area contributed by atoms with Crippen molar-refractivity contribution < 1.29 is 13.2 Å². The van der Waals surface area contributed by atoms with Crippen molar-refractivity contribution in [3.05, 3.63) is 34.9 Å². The number of halogens is 3. The molecule has 18 heavy (non-hydrogen) atoms. The smallest absolute Gasteiger partial charge is 0.315 e. The highest BCUT2D eigenvalue weighted by Gasteiger charge is 2.62. The minimum atomic E-state index is -4.25. The number of nitrogens with zero attached hydrogens (tertiary/aromatic N) is 1. The zero-order valence-corrected chi connectivity index (χ0v) is 9.51. The van der Waals surface area contributed by atoms with E-state index in [0.29, 0.717) is 23.2 Å². The van der Waals surface area contributed by atoms with Crippen molar-refractivity contribution in [3.63, 3.8) is 0 Å². The van der Waals surface area contributed by atoms with Crippen LogP contribution in [0, 0.1) is 11.3 Å². The lowest BCUT2D eigenvalue weighted by molar-refractivity contribution is -0.192. The molecule has 1 aliphatic carbocycles. The van der Waals surface area contributed by atoms with Crippen LogP contribution in [-0.2, 0) is 5.41 Å². The second kappa shape index (κ2) is 3.48. The number of rotatable bonds is 0. The zero-order valence-electron chi connectivity index (χ0n) is 9.51. The number of nitrogens with one attached hydrogen (secondary N) is 1. The zero-order chi connectivity index (χ0) is 13.0. The second-order valence-corrected chi connectivity index (χ2v) is 5.03. The first-order valence-corrected chi connectivity index (χ1v) is 5.80. The average Bonchev–Trinajstić information content (AvgIpc) is 2.58. The molecular formula is C13H11F3N2. The van der Waals surface area contributed by atoms with E-state index in [9.17, 15) is 13.2 Å². The van der Waals surface area contributed by atoms with Gasteiger partial charge in [0.1, 0.15) is 5.41 Å². The Morgan fingerprint density at radius 2 is 2.17 bits per heavy atom. The number of piperidine rings is 1. The first-order valence-electron chi connectivity index (χ1n) is 5.80. The fourth-order valence-corrected chi connectivity index (χ4v) is 3.22. The van der Waals surface area contributed by atoms with E-state index >= 15 is 0 Å². The first kappa shape index (κ1) is 11.5. The monoisotopic (exact) mass is 252 g/mol. The van der Waals surface area contributed by atoms with Crippen LogP contribution >= 0.6 is 0 Å². The minimum Gasteiger partial charge on any atom is -0.315 e. The lowest BCUT2D eigenvalue weighted by Crippen LogP contribution is -2.51. The Morgan fingerprint density at radius 3 is 2.83 bits per heavy atom. The number of alkyl halides is 3. The van der Waals surface area contributed by atoms with Gasteiger partial charge in [-0.3, -0.25) is 0 Å². The predicted molar refractivity (Wildman–Crippen MR) is 59.1 cm³/mol. The van der Waals surface area contributed by atoms with E-state index in [0.717, 1.165) is 0 Å². The summed E-state index contributed by atoms with van der Waals surface area (Å²) >= 11 is 0. The van der Waals surface area contributed by atoms with E-state index in [2.05, 4.69) is 5.32 Å². The molecule has 0 spiro atoms. The van der Waals surface area contributed by atoms with Gasteiger partial charge in [-0.1, -0.05) is 6.07 Å². The summed E-state index contributed by atoms with van der Waals surface area (Å²) < 4.78 is 40.1. The van der Waals surface area contributed by atoms with Gasteiger partial charge in [0.25, 0.3) is 0 Å². The molecule has 0 aromatic heterocycles. The van der Waals surface area contributed by atoms with Crippen molar-refractivity contribution in [1.29, 1.82) is 5.26 Å². The van der Waals surface area contributed by atoms with Gasteiger partial charge in [0.15, 0.2) is 0 Å². The maximum atomic E-state index is 13.4. The average molecular weight is 252 g/mol. The van der Waals surface area contributed by atoms with E-state index < -0.39 is 11.6 Å². The highest BCUT2D eigenvalue weighted by Crippen LogP contribution is 2.55. The number of fused-ring (bicyclic) bond motifs is 5. The van der Waals surface area contributed by atoms with Crippen molar-refractivity contribution in [2.45, 2.75) is 23.9 Å². The Kier molecular flexibility index (Phi) is 2.23. The van der Waals surface area contributed by atoms with Gasteiger partial charge in [-0.15, -0.1) is 0 Å². The Balaban J connectivity index is 2.21. The lowest BCUT2D eigenvalue weighted by Gasteiger charge is -2.36. The van der Waals surface area contributed by atoms with Crippen LogP contribution in [0.2, 0.25) is 0 Å².